The zero-order valence-corrected chi connectivity index (χ0v) is 16.7. The highest BCUT2D eigenvalue weighted by Gasteiger charge is 2.30. The topological polar surface area (TPSA) is 101 Å². The lowest BCUT2D eigenvalue weighted by molar-refractivity contribution is -0.466. The van der Waals surface area contributed by atoms with Crippen molar-refractivity contribution < 1.29 is 5.32 Å². The van der Waals surface area contributed by atoms with Gasteiger partial charge in [-0.15, -0.1) is 22.3 Å². The number of rotatable bonds is 5. The summed E-state index contributed by atoms with van der Waals surface area (Å²) in [5.74, 6) is 1.73. The molecule has 2 aromatic heterocycles. The summed E-state index contributed by atoms with van der Waals surface area (Å²) in [4.78, 5) is 15.5. The van der Waals surface area contributed by atoms with Gasteiger partial charge in [-0.05, 0) is 44.5 Å². The molecular weight excluding hydrogens is 366 g/mol. The van der Waals surface area contributed by atoms with E-state index in [0.29, 0.717) is 28.9 Å². The third-order valence-corrected chi connectivity index (χ3v) is 4.83. The normalized spacial score (nSPS) is 14.2. The number of aryl methyl sites for hydroxylation is 1. The van der Waals surface area contributed by atoms with E-state index in [9.17, 15) is 0 Å². The van der Waals surface area contributed by atoms with Gasteiger partial charge in [-0.2, -0.15) is 4.68 Å². The van der Waals surface area contributed by atoms with Crippen LogP contribution in [0, 0.1) is 14.0 Å². The molecule has 0 spiro atoms. The van der Waals surface area contributed by atoms with Crippen molar-refractivity contribution in [2.75, 3.05) is 18.0 Å². The van der Waals surface area contributed by atoms with Crippen molar-refractivity contribution >= 4 is 22.9 Å². The number of quaternary nitrogens is 1. The monoisotopic (exact) mass is 389 g/mol. The molecule has 0 unspecified atom stereocenters. The van der Waals surface area contributed by atoms with Crippen molar-refractivity contribution in [2.45, 2.75) is 20.8 Å². The fourth-order valence-electron chi connectivity index (χ4n) is 3.28. The second-order valence-electron chi connectivity index (χ2n) is 6.54. The zero-order chi connectivity index (χ0) is 20.4. The Balaban J connectivity index is 1.75. The summed E-state index contributed by atoms with van der Waals surface area (Å²) in [5.41, 5.74) is 4.37. The van der Waals surface area contributed by atoms with Gasteiger partial charge >= 0.3 is 0 Å². The summed E-state index contributed by atoms with van der Waals surface area (Å²) in [6, 6.07) is 6.27. The van der Waals surface area contributed by atoms with Gasteiger partial charge in [-0.25, -0.2) is 9.98 Å². The molecule has 1 aromatic carbocycles. The molecule has 9 nitrogen and oxygen atoms in total. The van der Waals surface area contributed by atoms with Gasteiger partial charge < -0.3 is 10.2 Å². The minimum Gasteiger partial charge on any atom is -0.426 e. The molecule has 0 fully saturated rings. The average molecular weight is 389 g/mol. The van der Waals surface area contributed by atoms with Crippen molar-refractivity contribution in [3.05, 3.63) is 55.2 Å². The maximum Gasteiger partial charge on any atom is 0.246 e. The van der Waals surface area contributed by atoms with Crippen LogP contribution in [-0.2, 0) is 0 Å². The van der Waals surface area contributed by atoms with Gasteiger partial charge in [0.25, 0.3) is 0 Å². The van der Waals surface area contributed by atoms with Gasteiger partial charge in [0.05, 0.1) is 11.9 Å². The third-order valence-electron chi connectivity index (χ3n) is 4.83. The van der Waals surface area contributed by atoms with E-state index in [0.717, 1.165) is 24.3 Å². The smallest absolute Gasteiger partial charge is 0.246 e. The minimum absolute atomic E-state index is 0.520. The predicted octanol–water partition coefficient (Wildman–Crippen LogP) is 1.54. The molecule has 0 saturated heterocycles. The summed E-state index contributed by atoms with van der Waals surface area (Å²) in [6.07, 6.45) is 4.85. The molecule has 1 aliphatic heterocycles. The van der Waals surface area contributed by atoms with Crippen LogP contribution in [-0.4, -0.2) is 49.5 Å². The molecule has 3 aromatic rings. The van der Waals surface area contributed by atoms with Gasteiger partial charge in [0.15, 0.2) is 5.71 Å². The fraction of sp³-hybridized carbons (Fsp3) is 0.250. The van der Waals surface area contributed by atoms with Crippen molar-refractivity contribution in [2.24, 2.45) is 10.1 Å². The zero-order valence-electron chi connectivity index (χ0n) is 16.7. The molecule has 0 saturated carbocycles. The second-order valence-corrected chi connectivity index (χ2v) is 6.54. The maximum atomic E-state index is 4.85. The molecular formula is C20H23N9. The van der Waals surface area contributed by atoms with E-state index in [2.05, 4.69) is 70.1 Å². The summed E-state index contributed by atoms with van der Waals surface area (Å²) in [6.45, 7) is 8.29. The molecule has 0 atom stereocenters. The highest BCUT2D eigenvalue weighted by Crippen LogP contribution is 2.27. The van der Waals surface area contributed by atoms with Gasteiger partial charge in [0.1, 0.15) is 5.69 Å². The average Bonchev–Trinajstić information content (AvgIpc) is 3.31. The van der Waals surface area contributed by atoms with Gasteiger partial charge in [0, 0.05) is 31.2 Å². The van der Waals surface area contributed by atoms with Crippen molar-refractivity contribution in [3.63, 3.8) is 0 Å². The van der Waals surface area contributed by atoms with Crippen LogP contribution in [0.5, 0.6) is 0 Å². The molecule has 3 heterocycles. The minimum atomic E-state index is 0.520. The van der Waals surface area contributed by atoms with Crippen LogP contribution < -0.4 is 10.2 Å². The number of anilines is 1. The number of fused-ring (bicyclic) bond motifs is 1. The van der Waals surface area contributed by atoms with E-state index in [1.165, 1.54) is 5.69 Å². The summed E-state index contributed by atoms with van der Waals surface area (Å²) in [5, 5.41) is 14.8. The SMILES string of the molecule is [CH2-][NH2+]C1=Nn2c(nnc2-c2cnccn2)C1=Nc1ccc(N(CC)CC)cc1C. The van der Waals surface area contributed by atoms with Crippen LogP contribution in [0.3, 0.4) is 0 Å². The number of benzene rings is 1. The first-order chi connectivity index (χ1) is 14.2. The van der Waals surface area contributed by atoms with E-state index >= 15 is 0 Å². The van der Waals surface area contributed by atoms with Gasteiger partial charge in [-0.1, -0.05) is 0 Å². The molecule has 0 amide bonds. The van der Waals surface area contributed by atoms with Crippen LogP contribution in [0.4, 0.5) is 11.4 Å². The van der Waals surface area contributed by atoms with Gasteiger partial charge in [-0.3, -0.25) is 4.98 Å². The van der Waals surface area contributed by atoms with Gasteiger partial charge in [0.2, 0.25) is 17.5 Å². The standard InChI is InChI=1S/C20H23N9/c1-5-28(6-2)14-7-8-15(13(3)11-14)24-17-18(21-4)27-29-19(25-26-20(17)29)16-12-22-9-10-23-16/h7-12H,4-6,21H2,1-3H3. The number of nitrogens with zero attached hydrogens (tertiary/aromatic N) is 8. The molecule has 4 rings (SSSR count). The highest BCUT2D eigenvalue weighted by molar-refractivity contribution is 6.45. The molecule has 9 heteroatoms. The number of amidine groups is 1. The van der Waals surface area contributed by atoms with Crippen molar-refractivity contribution in [1.29, 1.82) is 0 Å². The van der Waals surface area contributed by atoms with Crippen LogP contribution >= 0.6 is 0 Å². The Morgan fingerprint density at radius 3 is 2.59 bits per heavy atom. The first-order valence-corrected chi connectivity index (χ1v) is 9.54. The number of hydrogen-bond donors (Lipinski definition) is 1. The Kier molecular flexibility index (Phi) is 5.13. The molecule has 0 radical (unpaired) electrons. The Hall–Kier alpha value is -3.46. The second kappa shape index (κ2) is 7.88. The Morgan fingerprint density at radius 2 is 1.93 bits per heavy atom. The van der Waals surface area contributed by atoms with Crippen molar-refractivity contribution in [3.8, 4) is 11.5 Å². The van der Waals surface area contributed by atoms with E-state index in [4.69, 9.17) is 4.99 Å². The van der Waals surface area contributed by atoms with Crippen molar-refractivity contribution in [1.82, 2.24) is 24.8 Å². The highest BCUT2D eigenvalue weighted by atomic mass is 15.5. The summed E-state index contributed by atoms with van der Waals surface area (Å²) in [7, 11) is 3.87. The lowest BCUT2D eigenvalue weighted by Gasteiger charge is -2.21. The predicted molar refractivity (Wildman–Crippen MR) is 112 cm³/mol. The molecule has 148 valence electrons. The number of hydrogen-bond acceptors (Lipinski definition) is 7. The first kappa shape index (κ1) is 18.9. The number of aliphatic imine (C=N–C) groups is 1. The molecule has 0 aliphatic carbocycles. The Labute approximate surface area is 169 Å². The Morgan fingerprint density at radius 1 is 1.14 bits per heavy atom. The van der Waals surface area contributed by atoms with E-state index in [1.54, 1.807) is 28.6 Å². The van der Waals surface area contributed by atoms with Crippen LogP contribution in [0.2, 0.25) is 0 Å². The van der Waals surface area contributed by atoms with Crippen LogP contribution in [0.15, 0.2) is 46.9 Å². The Bertz CT molecular complexity index is 1080. The maximum absolute atomic E-state index is 4.85. The lowest BCUT2D eigenvalue weighted by Crippen LogP contribution is -2.83. The molecule has 2 N–H and O–H groups in total. The third kappa shape index (κ3) is 3.40. The summed E-state index contributed by atoms with van der Waals surface area (Å²) >= 11 is 0. The first-order valence-electron chi connectivity index (χ1n) is 9.54. The largest absolute Gasteiger partial charge is 0.426 e. The molecule has 0 bridgehead atoms. The van der Waals surface area contributed by atoms with Crippen LogP contribution in [0.1, 0.15) is 25.2 Å². The lowest BCUT2D eigenvalue weighted by atomic mass is 10.1. The fourth-order valence-corrected chi connectivity index (χ4v) is 3.28. The van der Waals surface area contributed by atoms with Crippen LogP contribution in [0.25, 0.3) is 11.5 Å². The van der Waals surface area contributed by atoms with E-state index in [1.807, 2.05) is 6.07 Å². The number of aromatic nitrogens is 5. The molecule has 29 heavy (non-hydrogen) atoms. The van der Waals surface area contributed by atoms with E-state index < -0.39 is 0 Å². The summed E-state index contributed by atoms with van der Waals surface area (Å²) < 4.78 is 1.64. The quantitative estimate of drug-likeness (QED) is 0.667. The van der Waals surface area contributed by atoms with E-state index in [-0.39, 0.29) is 0 Å². The molecule has 1 aliphatic rings. The number of nitrogens with two attached hydrogens (primary N) is 1.